The van der Waals surface area contributed by atoms with E-state index in [1.807, 2.05) is 29.5 Å². The molecular weight excluding hydrogens is 357 g/mol. The Labute approximate surface area is 152 Å². The molecule has 1 N–H and O–H groups in total. The van der Waals surface area contributed by atoms with Crippen LogP contribution in [-0.2, 0) is 11.2 Å². The van der Waals surface area contributed by atoms with Gasteiger partial charge in [0.1, 0.15) is 6.26 Å². The zero-order chi connectivity index (χ0) is 14.7. The van der Waals surface area contributed by atoms with E-state index in [9.17, 15) is 4.79 Å². The number of nitrogens with one attached hydrogen (secondary N) is 1. The summed E-state index contributed by atoms with van der Waals surface area (Å²) in [6.07, 6.45) is 3.94. The molecule has 1 aliphatic heterocycles. The fraction of sp³-hybridized carbons (Fsp3) is 0.467. The van der Waals surface area contributed by atoms with Crippen LogP contribution in [0.4, 0.5) is 0 Å². The minimum Gasteiger partial charge on any atom is -0.444 e. The van der Waals surface area contributed by atoms with Crippen molar-refractivity contribution in [1.29, 1.82) is 0 Å². The van der Waals surface area contributed by atoms with Crippen molar-refractivity contribution in [3.63, 3.8) is 0 Å². The van der Waals surface area contributed by atoms with Gasteiger partial charge in [0.15, 0.2) is 0 Å². The van der Waals surface area contributed by atoms with Crippen molar-refractivity contribution in [2.75, 3.05) is 20.1 Å². The quantitative estimate of drug-likeness (QED) is 0.889. The number of piperidine rings is 1. The highest BCUT2D eigenvalue weighted by Crippen LogP contribution is 2.24. The molecule has 0 bridgehead atoms. The fourth-order valence-electron chi connectivity index (χ4n) is 2.59. The number of rotatable bonds is 4. The molecule has 3 heterocycles. The number of aromatic nitrogens is 1. The molecule has 2 aromatic heterocycles. The standard InChI is InChI=1S/C15H19N3O2S.2ClH/c1-16-11-4-6-18(7-5-11)14(19)9-12-10-20-15(17-12)13-3-2-8-21-13;;/h2-3,8,10-11,16H,4-7,9H2,1H3;2*1H. The van der Waals surface area contributed by atoms with Gasteiger partial charge in [0.2, 0.25) is 11.8 Å². The van der Waals surface area contributed by atoms with E-state index < -0.39 is 0 Å². The van der Waals surface area contributed by atoms with Crippen LogP contribution >= 0.6 is 36.2 Å². The molecule has 0 atom stereocenters. The first-order chi connectivity index (χ1) is 10.3. The Kier molecular flexibility index (Phi) is 8.05. The van der Waals surface area contributed by atoms with Crippen molar-refractivity contribution in [3.8, 4) is 10.8 Å². The summed E-state index contributed by atoms with van der Waals surface area (Å²) in [5.41, 5.74) is 0.708. The van der Waals surface area contributed by atoms with Crippen molar-refractivity contribution in [2.24, 2.45) is 0 Å². The van der Waals surface area contributed by atoms with Gasteiger partial charge in [-0.15, -0.1) is 36.2 Å². The summed E-state index contributed by atoms with van der Waals surface area (Å²) in [4.78, 5) is 19.6. The van der Waals surface area contributed by atoms with Crippen molar-refractivity contribution in [2.45, 2.75) is 25.3 Å². The maximum Gasteiger partial charge on any atom is 0.236 e. The van der Waals surface area contributed by atoms with Crippen molar-refractivity contribution < 1.29 is 9.21 Å². The molecule has 1 fully saturated rings. The number of nitrogens with zero attached hydrogens (tertiary/aromatic N) is 2. The maximum absolute atomic E-state index is 12.3. The van der Waals surface area contributed by atoms with Gasteiger partial charge in [-0.1, -0.05) is 6.07 Å². The Morgan fingerprint density at radius 1 is 1.43 bits per heavy atom. The Hall–Kier alpha value is -1.08. The van der Waals surface area contributed by atoms with E-state index in [4.69, 9.17) is 4.42 Å². The third-order valence-corrected chi connectivity index (χ3v) is 4.73. The third kappa shape index (κ3) is 4.94. The van der Waals surface area contributed by atoms with Gasteiger partial charge in [-0.25, -0.2) is 4.98 Å². The van der Waals surface area contributed by atoms with Crippen LogP contribution in [0.5, 0.6) is 0 Å². The Bertz CT molecular complexity index is 596. The van der Waals surface area contributed by atoms with E-state index in [-0.39, 0.29) is 30.7 Å². The molecule has 23 heavy (non-hydrogen) atoms. The number of amides is 1. The summed E-state index contributed by atoms with van der Waals surface area (Å²) < 4.78 is 5.45. The highest BCUT2D eigenvalue weighted by Gasteiger charge is 2.22. The zero-order valence-electron chi connectivity index (χ0n) is 12.9. The van der Waals surface area contributed by atoms with Crippen LogP contribution in [0.3, 0.4) is 0 Å². The van der Waals surface area contributed by atoms with Gasteiger partial charge in [-0.05, 0) is 31.3 Å². The number of likely N-dealkylation sites (tertiary alicyclic amines) is 1. The molecule has 0 radical (unpaired) electrons. The minimum absolute atomic E-state index is 0. The van der Waals surface area contributed by atoms with Crippen LogP contribution in [0, 0.1) is 0 Å². The molecule has 1 saturated heterocycles. The van der Waals surface area contributed by atoms with Crippen LogP contribution < -0.4 is 5.32 Å². The summed E-state index contributed by atoms with van der Waals surface area (Å²) in [5.74, 6) is 0.734. The topological polar surface area (TPSA) is 58.4 Å². The molecule has 1 aliphatic rings. The number of halogens is 2. The molecule has 8 heteroatoms. The number of hydrogen-bond donors (Lipinski definition) is 1. The van der Waals surface area contributed by atoms with Gasteiger partial charge in [-0.2, -0.15) is 0 Å². The normalized spacial score (nSPS) is 14.9. The Morgan fingerprint density at radius 2 is 2.17 bits per heavy atom. The monoisotopic (exact) mass is 377 g/mol. The second kappa shape index (κ2) is 9.27. The van der Waals surface area contributed by atoms with Crippen LogP contribution in [0.25, 0.3) is 10.8 Å². The molecule has 0 saturated carbocycles. The first kappa shape index (κ1) is 20.0. The van der Waals surface area contributed by atoms with E-state index in [0.717, 1.165) is 30.8 Å². The maximum atomic E-state index is 12.3. The molecule has 2 aromatic rings. The summed E-state index contributed by atoms with van der Waals surface area (Å²) in [7, 11) is 1.98. The minimum atomic E-state index is 0. The number of carbonyl (C=O) groups excluding carboxylic acids is 1. The highest BCUT2D eigenvalue weighted by atomic mass is 35.5. The predicted molar refractivity (Wildman–Crippen MR) is 96.7 cm³/mol. The average molecular weight is 378 g/mol. The van der Waals surface area contributed by atoms with Crippen LogP contribution in [0.2, 0.25) is 0 Å². The molecule has 1 amide bonds. The summed E-state index contributed by atoms with van der Waals surface area (Å²) >= 11 is 1.58. The van der Waals surface area contributed by atoms with Gasteiger partial charge >= 0.3 is 0 Å². The van der Waals surface area contributed by atoms with E-state index in [2.05, 4.69) is 10.3 Å². The van der Waals surface area contributed by atoms with Crippen LogP contribution in [-0.4, -0.2) is 42.0 Å². The second-order valence-corrected chi connectivity index (χ2v) is 6.19. The lowest BCUT2D eigenvalue weighted by Crippen LogP contribution is -2.44. The van der Waals surface area contributed by atoms with Crippen LogP contribution in [0.15, 0.2) is 28.2 Å². The number of hydrogen-bond acceptors (Lipinski definition) is 5. The zero-order valence-corrected chi connectivity index (χ0v) is 15.3. The Morgan fingerprint density at radius 3 is 2.78 bits per heavy atom. The molecule has 3 rings (SSSR count). The van der Waals surface area contributed by atoms with Gasteiger partial charge < -0.3 is 14.6 Å². The molecule has 0 unspecified atom stereocenters. The first-order valence-electron chi connectivity index (χ1n) is 7.19. The molecule has 0 aliphatic carbocycles. The van der Waals surface area contributed by atoms with Gasteiger partial charge in [-0.3, -0.25) is 4.79 Å². The van der Waals surface area contributed by atoms with E-state index in [1.54, 1.807) is 17.6 Å². The summed E-state index contributed by atoms with van der Waals surface area (Å²) in [6, 6.07) is 4.46. The fourth-order valence-corrected chi connectivity index (χ4v) is 3.24. The van der Waals surface area contributed by atoms with E-state index >= 15 is 0 Å². The lowest BCUT2D eigenvalue weighted by atomic mass is 10.0. The largest absolute Gasteiger partial charge is 0.444 e. The van der Waals surface area contributed by atoms with Gasteiger partial charge in [0.25, 0.3) is 0 Å². The van der Waals surface area contributed by atoms with Gasteiger partial charge in [0.05, 0.1) is 17.0 Å². The molecule has 128 valence electrons. The van der Waals surface area contributed by atoms with Crippen molar-refractivity contribution >= 4 is 42.1 Å². The van der Waals surface area contributed by atoms with Gasteiger partial charge in [0, 0.05) is 19.1 Å². The van der Waals surface area contributed by atoms with Crippen LogP contribution in [0.1, 0.15) is 18.5 Å². The average Bonchev–Trinajstić information content (AvgIpc) is 3.18. The van der Waals surface area contributed by atoms with Crippen molar-refractivity contribution in [1.82, 2.24) is 15.2 Å². The molecule has 0 aromatic carbocycles. The second-order valence-electron chi connectivity index (χ2n) is 5.24. The summed E-state index contributed by atoms with van der Waals surface area (Å²) in [6.45, 7) is 1.64. The third-order valence-electron chi connectivity index (χ3n) is 3.87. The van der Waals surface area contributed by atoms with E-state index in [1.165, 1.54) is 0 Å². The lowest BCUT2D eigenvalue weighted by Gasteiger charge is -2.31. The number of carbonyl (C=O) groups is 1. The van der Waals surface area contributed by atoms with E-state index in [0.29, 0.717) is 24.0 Å². The molecular formula is C15H21Cl2N3O2S. The number of thiophene rings is 1. The lowest BCUT2D eigenvalue weighted by molar-refractivity contribution is -0.131. The Balaban J connectivity index is 0.00000132. The predicted octanol–water partition coefficient (Wildman–Crippen LogP) is 3.00. The smallest absolute Gasteiger partial charge is 0.236 e. The number of oxazole rings is 1. The first-order valence-corrected chi connectivity index (χ1v) is 8.07. The van der Waals surface area contributed by atoms with Crippen molar-refractivity contribution in [3.05, 3.63) is 29.5 Å². The highest BCUT2D eigenvalue weighted by molar-refractivity contribution is 7.13. The summed E-state index contributed by atoms with van der Waals surface area (Å²) in [5, 5.41) is 5.25. The molecule has 0 spiro atoms. The molecule has 5 nitrogen and oxygen atoms in total. The SMILES string of the molecule is CNC1CCN(C(=O)Cc2coc(-c3cccs3)n2)CC1.Cl.Cl.